The van der Waals surface area contributed by atoms with Crippen LogP contribution in [0.3, 0.4) is 0 Å². The number of ether oxygens (including phenoxy) is 1. The van der Waals surface area contributed by atoms with Gasteiger partial charge < -0.3 is 20.1 Å². The van der Waals surface area contributed by atoms with Crippen molar-refractivity contribution in [1.82, 2.24) is 20.4 Å². The van der Waals surface area contributed by atoms with Crippen LogP contribution in [0.1, 0.15) is 36.0 Å². The molecule has 0 atom stereocenters. The van der Waals surface area contributed by atoms with Crippen molar-refractivity contribution in [2.24, 2.45) is 5.92 Å². The SMILES string of the molecule is CN(CCO)C(=O)/C=C/CNCCOc1ccc(/C(=C(\c2ccccc2)C2CCC2)c2ccc3[nH]nc(F)c3c2)cc1. The maximum Gasteiger partial charge on any atom is 0.246 e. The standard InChI is InChI=1S/C34H37FN4O3/c1-39(20-21-40)31(41)11-6-18-36-19-22-42-28-15-12-26(13-16-28)33(27-14-17-30-29(23-27)34(35)38-37-30)32(25-9-5-10-25)24-7-3-2-4-8-24/h2-4,6-8,11-17,23,25,36,40H,5,9-10,18-22H2,1H3,(H,37,38)/b11-6+,33-32-. The Morgan fingerprint density at radius 1 is 1.10 bits per heavy atom. The summed E-state index contributed by atoms with van der Waals surface area (Å²) in [6.07, 6.45) is 6.73. The van der Waals surface area contributed by atoms with Gasteiger partial charge in [0.25, 0.3) is 0 Å². The van der Waals surface area contributed by atoms with Crippen LogP contribution in [0.25, 0.3) is 22.0 Å². The van der Waals surface area contributed by atoms with Crippen LogP contribution < -0.4 is 10.1 Å². The summed E-state index contributed by atoms with van der Waals surface area (Å²) in [6, 6.07) is 24.4. The Labute approximate surface area is 245 Å². The number of rotatable bonds is 13. The second-order valence-electron chi connectivity index (χ2n) is 10.5. The van der Waals surface area contributed by atoms with Gasteiger partial charge in [0.2, 0.25) is 11.9 Å². The number of aromatic amines is 1. The maximum absolute atomic E-state index is 14.5. The number of carbonyl (C=O) groups excluding carboxylic acids is 1. The van der Waals surface area contributed by atoms with Crippen LogP contribution in [0.15, 0.2) is 84.9 Å². The van der Waals surface area contributed by atoms with Crippen molar-refractivity contribution in [1.29, 1.82) is 0 Å². The number of halogens is 1. The largest absolute Gasteiger partial charge is 0.492 e. The second kappa shape index (κ2) is 14.1. The molecule has 3 N–H and O–H groups in total. The molecule has 1 amide bonds. The van der Waals surface area contributed by atoms with Crippen LogP contribution in [-0.2, 0) is 4.79 Å². The molecule has 0 bridgehead atoms. The van der Waals surface area contributed by atoms with Crippen LogP contribution in [0.2, 0.25) is 0 Å². The number of amides is 1. The van der Waals surface area contributed by atoms with E-state index in [-0.39, 0.29) is 12.5 Å². The third-order valence-corrected chi connectivity index (χ3v) is 7.70. The van der Waals surface area contributed by atoms with Crippen molar-refractivity contribution in [2.45, 2.75) is 19.3 Å². The van der Waals surface area contributed by atoms with Crippen molar-refractivity contribution in [3.8, 4) is 5.75 Å². The normalized spacial score (nSPS) is 14.2. The van der Waals surface area contributed by atoms with E-state index in [2.05, 4.69) is 51.9 Å². The van der Waals surface area contributed by atoms with Gasteiger partial charge in [-0.2, -0.15) is 4.39 Å². The van der Waals surface area contributed by atoms with Gasteiger partial charge in [-0.25, -0.2) is 0 Å². The minimum atomic E-state index is -0.496. The van der Waals surface area contributed by atoms with E-state index in [1.807, 2.05) is 36.4 Å². The lowest BCUT2D eigenvalue weighted by molar-refractivity contribution is -0.125. The summed E-state index contributed by atoms with van der Waals surface area (Å²) in [5.74, 6) is 0.564. The highest BCUT2D eigenvalue weighted by molar-refractivity contribution is 6.01. The van der Waals surface area contributed by atoms with Crippen LogP contribution in [0.5, 0.6) is 5.75 Å². The first kappa shape index (κ1) is 29.2. The number of fused-ring (bicyclic) bond motifs is 1. The Morgan fingerprint density at radius 3 is 2.57 bits per heavy atom. The number of aliphatic hydroxyl groups is 1. The van der Waals surface area contributed by atoms with Crippen LogP contribution in [0, 0.1) is 11.9 Å². The summed E-state index contributed by atoms with van der Waals surface area (Å²) in [5, 5.41) is 19.2. The number of benzene rings is 3. The smallest absolute Gasteiger partial charge is 0.246 e. The summed E-state index contributed by atoms with van der Waals surface area (Å²) in [6.45, 7) is 1.89. The van der Waals surface area contributed by atoms with E-state index in [1.165, 1.54) is 28.5 Å². The molecule has 3 aromatic carbocycles. The first-order valence-corrected chi connectivity index (χ1v) is 14.4. The number of nitrogens with one attached hydrogen (secondary N) is 2. The van der Waals surface area contributed by atoms with Gasteiger partial charge in [-0.3, -0.25) is 9.89 Å². The average molecular weight is 569 g/mol. The number of aliphatic hydroxyl groups excluding tert-OH is 1. The van der Waals surface area contributed by atoms with E-state index in [0.717, 1.165) is 35.3 Å². The summed E-state index contributed by atoms with van der Waals surface area (Å²) < 4.78 is 20.5. The molecule has 5 rings (SSSR count). The number of nitrogens with zero attached hydrogens (tertiary/aromatic N) is 2. The molecule has 8 heteroatoms. The quantitative estimate of drug-likeness (QED) is 0.114. The fourth-order valence-electron chi connectivity index (χ4n) is 5.21. The predicted octanol–water partition coefficient (Wildman–Crippen LogP) is 5.44. The number of carbonyl (C=O) groups is 1. The third-order valence-electron chi connectivity index (χ3n) is 7.70. The zero-order valence-corrected chi connectivity index (χ0v) is 23.9. The molecular formula is C34H37FN4O3. The molecule has 1 saturated carbocycles. The van der Waals surface area contributed by atoms with Crippen molar-refractivity contribution in [3.05, 3.63) is 108 Å². The minimum Gasteiger partial charge on any atom is -0.492 e. The molecule has 1 aromatic heterocycles. The zero-order valence-electron chi connectivity index (χ0n) is 23.9. The Morgan fingerprint density at radius 2 is 1.86 bits per heavy atom. The van der Waals surface area contributed by atoms with E-state index < -0.39 is 5.95 Å². The average Bonchev–Trinajstić information content (AvgIpc) is 3.36. The van der Waals surface area contributed by atoms with Crippen LogP contribution in [-0.4, -0.2) is 66.0 Å². The monoisotopic (exact) mass is 568 g/mol. The lowest BCUT2D eigenvalue weighted by Crippen LogP contribution is -2.28. The van der Waals surface area contributed by atoms with Crippen LogP contribution in [0.4, 0.5) is 4.39 Å². The van der Waals surface area contributed by atoms with E-state index >= 15 is 0 Å². The number of hydrogen-bond acceptors (Lipinski definition) is 5. The van der Waals surface area contributed by atoms with Gasteiger partial charge in [0, 0.05) is 32.8 Å². The molecule has 0 saturated heterocycles. The fourth-order valence-corrected chi connectivity index (χ4v) is 5.21. The van der Waals surface area contributed by atoms with E-state index in [4.69, 9.17) is 9.84 Å². The van der Waals surface area contributed by atoms with E-state index in [1.54, 1.807) is 13.1 Å². The molecule has 218 valence electrons. The molecule has 0 unspecified atom stereocenters. The molecule has 1 aliphatic carbocycles. The van der Waals surface area contributed by atoms with Gasteiger partial charge in [-0.05, 0) is 70.9 Å². The number of H-pyrrole nitrogens is 1. The molecule has 0 radical (unpaired) electrons. The first-order chi connectivity index (χ1) is 20.5. The molecule has 1 aliphatic rings. The second-order valence-corrected chi connectivity index (χ2v) is 10.5. The van der Waals surface area contributed by atoms with Crippen molar-refractivity contribution < 1.29 is 19.0 Å². The molecule has 7 nitrogen and oxygen atoms in total. The van der Waals surface area contributed by atoms with Gasteiger partial charge >= 0.3 is 0 Å². The van der Waals surface area contributed by atoms with E-state index in [0.29, 0.717) is 43.1 Å². The molecule has 42 heavy (non-hydrogen) atoms. The Balaban J connectivity index is 1.33. The fraction of sp³-hybridized carbons (Fsp3) is 0.294. The molecule has 0 spiro atoms. The first-order valence-electron chi connectivity index (χ1n) is 14.4. The number of hydrogen-bond donors (Lipinski definition) is 3. The highest BCUT2D eigenvalue weighted by Crippen LogP contribution is 2.45. The summed E-state index contributed by atoms with van der Waals surface area (Å²) in [4.78, 5) is 13.3. The van der Waals surface area contributed by atoms with Crippen molar-refractivity contribution >= 4 is 28.0 Å². The number of likely N-dealkylation sites (N-methyl/N-ethyl adjacent to an activating group) is 1. The van der Waals surface area contributed by atoms with Gasteiger partial charge in [-0.15, -0.1) is 5.10 Å². The lowest BCUT2D eigenvalue weighted by Gasteiger charge is -2.31. The molecular weight excluding hydrogens is 531 g/mol. The number of aromatic nitrogens is 2. The lowest BCUT2D eigenvalue weighted by atomic mass is 9.73. The molecule has 0 aliphatic heterocycles. The van der Waals surface area contributed by atoms with Gasteiger partial charge in [0.15, 0.2) is 0 Å². The van der Waals surface area contributed by atoms with Gasteiger partial charge in [0.05, 0.1) is 17.5 Å². The third kappa shape index (κ3) is 6.95. The summed E-state index contributed by atoms with van der Waals surface area (Å²) >= 11 is 0. The predicted molar refractivity (Wildman–Crippen MR) is 164 cm³/mol. The van der Waals surface area contributed by atoms with Gasteiger partial charge in [0.1, 0.15) is 12.4 Å². The summed E-state index contributed by atoms with van der Waals surface area (Å²) in [5.41, 5.74) is 6.27. The van der Waals surface area contributed by atoms with Crippen LogP contribution >= 0.6 is 0 Å². The topological polar surface area (TPSA) is 90.5 Å². The van der Waals surface area contributed by atoms with Crippen molar-refractivity contribution in [2.75, 3.05) is 39.9 Å². The molecule has 1 heterocycles. The van der Waals surface area contributed by atoms with E-state index in [9.17, 15) is 9.18 Å². The molecule has 1 fully saturated rings. The molecule has 4 aromatic rings. The number of allylic oxidation sites excluding steroid dienone is 1. The zero-order chi connectivity index (χ0) is 29.3. The minimum absolute atomic E-state index is 0.0556. The Hall–Kier alpha value is -4.27. The van der Waals surface area contributed by atoms with Gasteiger partial charge in [-0.1, -0.05) is 61.0 Å². The highest BCUT2D eigenvalue weighted by Gasteiger charge is 2.27. The summed E-state index contributed by atoms with van der Waals surface area (Å²) in [7, 11) is 1.65. The Bertz CT molecular complexity index is 1540. The highest BCUT2D eigenvalue weighted by atomic mass is 19.1. The maximum atomic E-state index is 14.5. The Kier molecular flexibility index (Phi) is 9.79. The van der Waals surface area contributed by atoms with Crippen molar-refractivity contribution in [3.63, 3.8) is 0 Å².